The minimum atomic E-state index is -4.07. The molecule has 0 saturated carbocycles. The van der Waals surface area contributed by atoms with Crippen molar-refractivity contribution in [3.8, 4) is 0 Å². The van der Waals surface area contributed by atoms with Crippen molar-refractivity contribution in [2.75, 3.05) is 14.1 Å². The van der Waals surface area contributed by atoms with Crippen molar-refractivity contribution in [2.24, 2.45) is 5.14 Å². The number of nitrogens with two attached hydrogens (primary N) is 1. The molecule has 0 aromatic heterocycles. The van der Waals surface area contributed by atoms with Crippen LogP contribution in [-0.4, -0.2) is 33.3 Å². The minimum Gasteiger partial charge on any atom is -0.348 e. The number of hydrogen-bond donors (Lipinski definition) is 1. The van der Waals surface area contributed by atoms with Crippen LogP contribution in [0.2, 0.25) is 0 Å². The Kier molecular flexibility index (Phi) is 5.18. The highest BCUT2D eigenvalue weighted by Gasteiger charge is 2.40. The quantitative estimate of drug-likeness (QED) is 0.906. The van der Waals surface area contributed by atoms with Gasteiger partial charge in [-0.15, -0.1) is 0 Å². The van der Waals surface area contributed by atoms with E-state index in [0.717, 1.165) is 0 Å². The third-order valence-electron chi connectivity index (χ3n) is 3.45. The molecule has 0 aliphatic heterocycles. The van der Waals surface area contributed by atoms with Crippen LogP contribution in [0.15, 0.2) is 60.7 Å². The Morgan fingerprint density at radius 1 is 0.957 bits per heavy atom. The van der Waals surface area contributed by atoms with E-state index in [-0.39, 0.29) is 11.2 Å². The standard InChI is InChI=1S/C17H19N2O3S/c1-19(2)17(20)15(13-9-5-3-6-10-13)16(23(18,21)22)14-11-7-4-8-12-14/h3-12,15H,1-2H3,(H2,18,21,22). The minimum absolute atomic E-state index is 0.0944. The molecule has 0 bridgehead atoms. The number of benzene rings is 2. The highest BCUT2D eigenvalue weighted by atomic mass is 32.2. The van der Waals surface area contributed by atoms with Crippen LogP contribution in [0.1, 0.15) is 17.0 Å². The SMILES string of the molecule is CN(C)C(=O)C([C](c1ccccc1)S(N)(=O)=O)c1ccccc1. The molecule has 1 unspecified atom stereocenters. The van der Waals surface area contributed by atoms with Crippen molar-refractivity contribution in [1.82, 2.24) is 4.90 Å². The van der Waals surface area contributed by atoms with E-state index in [1.165, 1.54) is 4.90 Å². The Balaban J connectivity index is 2.65. The van der Waals surface area contributed by atoms with Gasteiger partial charge >= 0.3 is 0 Å². The van der Waals surface area contributed by atoms with E-state index in [1.807, 2.05) is 0 Å². The molecule has 2 rings (SSSR count). The van der Waals surface area contributed by atoms with Gasteiger partial charge in [0.1, 0.15) is 0 Å². The van der Waals surface area contributed by atoms with Crippen LogP contribution >= 0.6 is 0 Å². The number of amides is 1. The molecule has 0 saturated heterocycles. The van der Waals surface area contributed by atoms with Crippen molar-refractivity contribution in [1.29, 1.82) is 0 Å². The highest BCUT2D eigenvalue weighted by molar-refractivity contribution is 7.92. The van der Waals surface area contributed by atoms with Crippen LogP contribution < -0.4 is 5.14 Å². The first-order chi connectivity index (χ1) is 10.8. The molecule has 1 amide bonds. The van der Waals surface area contributed by atoms with Crippen molar-refractivity contribution in [3.05, 3.63) is 77.0 Å². The Bertz CT molecular complexity index is 759. The molecular weight excluding hydrogens is 312 g/mol. The van der Waals surface area contributed by atoms with Crippen molar-refractivity contribution >= 4 is 15.9 Å². The molecule has 2 N–H and O–H groups in total. The van der Waals surface area contributed by atoms with Gasteiger partial charge in [-0.05, 0) is 11.1 Å². The largest absolute Gasteiger partial charge is 0.348 e. The molecule has 0 heterocycles. The lowest BCUT2D eigenvalue weighted by Crippen LogP contribution is -2.37. The topological polar surface area (TPSA) is 80.5 Å². The van der Waals surface area contributed by atoms with Gasteiger partial charge in [0.05, 0.1) is 5.92 Å². The third-order valence-corrected chi connectivity index (χ3v) is 4.53. The number of rotatable bonds is 5. The lowest BCUT2D eigenvalue weighted by Gasteiger charge is -2.27. The predicted octanol–water partition coefficient (Wildman–Crippen LogP) is 1.73. The molecule has 2 aromatic carbocycles. The van der Waals surface area contributed by atoms with E-state index < -0.39 is 15.9 Å². The molecule has 5 nitrogen and oxygen atoms in total. The van der Waals surface area contributed by atoms with Gasteiger partial charge < -0.3 is 4.90 Å². The lowest BCUT2D eigenvalue weighted by molar-refractivity contribution is -0.129. The fraction of sp³-hybridized carbons (Fsp3) is 0.176. The highest BCUT2D eigenvalue weighted by Crippen LogP contribution is 2.36. The van der Waals surface area contributed by atoms with Crippen molar-refractivity contribution < 1.29 is 13.2 Å². The number of nitrogens with zero attached hydrogens (tertiary/aromatic N) is 1. The molecule has 0 spiro atoms. The van der Waals surface area contributed by atoms with E-state index in [4.69, 9.17) is 5.14 Å². The predicted molar refractivity (Wildman–Crippen MR) is 89.8 cm³/mol. The van der Waals surface area contributed by atoms with Crippen LogP contribution in [0.4, 0.5) is 0 Å². The van der Waals surface area contributed by atoms with E-state index in [1.54, 1.807) is 74.8 Å². The summed E-state index contributed by atoms with van der Waals surface area (Å²) in [6, 6.07) is 17.2. The number of carbonyl (C=O) groups is 1. The zero-order valence-corrected chi connectivity index (χ0v) is 13.8. The smallest absolute Gasteiger partial charge is 0.231 e. The van der Waals surface area contributed by atoms with Crippen LogP contribution in [-0.2, 0) is 14.8 Å². The van der Waals surface area contributed by atoms with E-state index in [2.05, 4.69) is 0 Å². The Labute approximate surface area is 136 Å². The second-order valence-electron chi connectivity index (χ2n) is 5.35. The maximum Gasteiger partial charge on any atom is 0.231 e. The van der Waals surface area contributed by atoms with Gasteiger partial charge in [0.25, 0.3) is 0 Å². The summed E-state index contributed by atoms with van der Waals surface area (Å²) in [5.41, 5.74) is 0.998. The van der Waals surface area contributed by atoms with Gasteiger partial charge in [-0.3, -0.25) is 4.79 Å². The first-order valence-electron chi connectivity index (χ1n) is 7.03. The molecule has 121 valence electrons. The number of carbonyl (C=O) groups excluding carboxylic acids is 1. The molecule has 6 heteroatoms. The van der Waals surface area contributed by atoms with Crippen molar-refractivity contribution in [2.45, 2.75) is 5.92 Å². The zero-order valence-electron chi connectivity index (χ0n) is 13.0. The first kappa shape index (κ1) is 17.2. The molecule has 1 atom stereocenters. The summed E-state index contributed by atoms with van der Waals surface area (Å²) >= 11 is 0. The van der Waals surface area contributed by atoms with Crippen LogP contribution in [0.25, 0.3) is 0 Å². The summed E-state index contributed by atoms with van der Waals surface area (Å²) in [6.45, 7) is 0. The van der Waals surface area contributed by atoms with Gasteiger partial charge in [-0.25, -0.2) is 13.6 Å². The average molecular weight is 331 g/mol. The zero-order chi connectivity index (χ0) is 17.0. The molecule has 0 fully saturated rings. The molecule has 0 aliphatic carbocycles. The Hall–Kier alpha value is -2.18. The normalized spacial score (nSPS) is 12.9. The summed E-state index contributed by atoms with van der Waals surface area (Å²) in [5, 5.41) is 5.36. The number of likely N-dealkylation sites (N-methyl/N-ethyl adjacent to an activating group) is 1. The summed E-state index contributed by atoms with van der Waals surface area (Å²) in [6.07, 6.45) is 0. The second-order valence-corrected chi connectivity index (χ2v) is 6.88. The van der Waals surface area contributed by atoms with E-state index in [9.17, 15) is 13.2 Å². The Morgan fingerprint density at radius 2 is 1.43 bits per heavy atom. The van der Waals surface area contributed by atoms with Crippen LogP contribution in [0.3, 0.4) is 0 Å². The first-order valence-corrected chi connectivity index (χ1v) is 8.58. The number of primary sulfonamides is 1. The summed E-state index contributed by atoms with van der Waals surface area (Å²) in [5.74, 6) is -1.33. The molecule has 1 radical (unpaired) electrons. The molecular formula is C17H19N2O3S. The lowest BCUT2D eigenvalue weighted by atomic mass is 9.90. The van der Waals surface area contributed by atoms with Gasteiger partial charge in [0.15, 0.2) is 5.25 Å². The monoisotopic (exact) mass is 331 g/mol. The summed E-state index contributed by atoms with van der Waals surface area (Å²) in [4.78, 5) is 14.1. The fourth-order valence-corrected chi connectivity index (χ4v) is 3.44. The van der Waals surface area contributed by atoms with Gasteiger partial charge in [0.2, 0.25) is 15.9 Å². The summed E-state index contributed by atoms with van der Waals surface area (Å²) in [7, 11) is -0.900. The summed E-state index contributed by atoms with van der Waals surface area (Å²) < 4.78 is 24.5. The van der Waals surface area contributed by atoms with Crippen LogP contribution in [0, 0.1) is 5.25 Å². The number of sulfonamides is 1. The van der Waals surface area contributed by atoms with Gasteiger partial charge in [-0.1, -0.05) is 60.7 Å². The third kappa shape index (κ3) is 3.97. The average Bonchev–Trinajstić information content (AvgIpc) is 2.52. The van der Waals surface area contributed by atoms with Crippen LogP contribution in [0.5, 0.6) is 0 Å². The van der Waals surface area contributed by atoms with E-state index >= 15 is 0 Å². The van der Waals surface area contributed by atoms with Crippen molar-refractivity contribution in [3.63, 3.8) is 0 Å². The Morgan fingerprint density at radius 3 is 1.87 bits per heavy atom. The van der Waals surface area contributed by atoms with E-state index in [0.29, 0.717) is 11.1 Å². The van der Waals surface area contributed by atoms with Gasteiger partial charge in [-0.2, -0.15) is 0 Å². The fourth-order valence-electron chi connectivity index (χ4n) is 2.41. The molecule has 0 aliphatic rings. The maximum atomic E-state index is 12.7. The number of hydrogen-bond acceptors (Lipinski definition) is 3. The molecule has 23 heavy (non-hydrogen) atoms. The maximum absolute atomic E-state index is 12.7. The van der Waals surface area contributed by atoms with Gasteiger partial charge in [0, 0.05) is 14.1 Å². The molecule has 2 aromatic rings. The second kappa shape index (κ2) is 6.93.